The fraction of sp³-hybridized carbons (Fsp3) is 0.692. The highest BCUT2D eigenvalue weighted by Gasteiger charge is 2.18. The molecule has 16 heavy (non-hydrogen) atoms. The van der Waals surface area contributed by atoms with Gasteiger partial charge < -0.3 is 0 Å². The van der Waals surface area contributed by atoms with E-state index in [0.717, 1.165) is 49.2 Å². The van der Waals surface area contributed by atoms with Crippen LogP contribution in [0.15, 0.2) is 0 Å². The molecule has 3 heteroatoms. The third-order valence-electron chi connectivity index (χ3n) is 2.88. The van der Waals surface area contributed by atoms with Gasteiger partial charge in [-0.15, -0.1) is 0 Å². The molecule has 90 valence electrons. The van der Waals surface area contributed by atoms with Gasteiger partial charge in [-0.1, -0.05) is 27.2 Å². The number of hydrogen-bond donors (Lipinski definition) is 0. The fourth-order valence-corrected chi connectivity index (χ4v) is 2.06. The zero-order valence-corrected chi connectivity index (χ0v) is 10.8. The number of Topliss-reactive ketones (excluding diaryl/α,β-unsaturated/α-hetero) is 1. The van der Waals surface area contributed by atoms with Crippen LogP contribution < -0.4 is 0 Å². The molecule has 0 spiro atoms. The van der Waals surface area contributed by atoms with Crippen LogP contribution in [-0.4, -0.2) is 15.6 Å². The molecule has 0 aliphatic carbocycles. The van der Waals surface area contributed by atoms with E-state index in [1.54, 1.807) is 6.92 Å². The number of hydrogen-bond acceptors (Lipinski definition) is 2. The zero-order chi connectivity index (χ0) is 12.1. The molecule has 0 aliphatic rings. The maximum Gasteiger partial charge on any atom is 0.163 e. The molecular weight excluding hydrogens is 200 g/mol. The van der Waals surface area contributed by atoms with Gasteiger partial charge in [-0.3, -0.25) is 9.48 Å². The smallest absolute Gasteiger partial charge is 0.163 e. The normalized spacial score (nSPS) is 10.8. The predicted molar refractivity (Wildman–Crippen MR) is 65.9 cm³/mol. The first kappa shape index (κ1) is 12.9. The van der Waals surface area contributed by atoms with Crippen LogP contribution in [0, 0.1) is 0 Å². The Balaban J connectivity index is 3.13. The van der Waals surface area contributed by atoms with E-state index in [-0.39, 0.29) is 5.78 Å². The van der Waals surface area contributed by atoms with Gasteiger partial charge in [-0.25, -0.2) is 0 Å². The summed E-state index contributed by atoms with van der Waals surface area (Å²) in [6, 6.07) is 0. The number of ketones is 1. The second-order valence-electron chi connectivity index (χ2n) is 4.11. The van der Waals surface area contributed by atoms with Gasteiger partial charge in [0.2, 0.25) is 0 Å². The van der Waals surface area contributed by atoms with Crippen LogP contribution in [0.25, 0.3) is 0 Å². The lowest BCUT2D eigenvalue weighted by Crippen LogP contribution is -2.06. The summed E-state index contributed by atoms with van der Waals surface area (Å²) in [5, 5.41) is 4.55. The summed E-state index contributed by atoms with van der Waals surface area (Å²) in [5.74, 6) is 0.149. The number of nitrogens with zero attached hydrogens (tertiary/aromatic N) is 2. The van der Waals surface area contributed by atoms with Crippen LogP contribution in [0.1, 0.15) is 62.3 Å². The Hall–Kier alpha value is -1.12. The summed E-state index contributed by atoms with van der Waals surface area (Å²) in [7, 11) is 0. The van der Waals surface area contributed by atoms with Crippen LogP contribution in [0.3, 0.4) is 0 Å². The van der Waals surface area contributed by atoms with Gasteiger partial charge in [0.05, 0.1) is 11.3 Å². The molecule has 1 aromatic rings. The van der Waals surface area contributed by atoms with Gasteiger partial charge in [0.15, 0.2) is 5.78 Å². The maximum absolute atomic E-state index is 11.6. The first-order chi connectivity index (χ1) is 7.65. The molecule has 0 saturated carbocycles. The van der Waals surface area contributed by atoms with Crippen molar-refractivity contribution >= 4 is 5.78 Å². The molecule has 1 rings (SSSR count). The van der Waals surface area contributed by atoms with Crippen molar-refractivity contribution in [3.63, 3.8) is 0 Å². The molecule has 0 fully saturated rings. The molecular formula is C13H22N2O. The van der Waals surface area contributed by atoms with Gasteiger partial charge >= 0.3 is 0 Å². The zero-order valence-electron chi connectivity index (χ0n) is 10.8. The Bertz CT molecular complexity index is 366. The van der Waals surface area contributed by atoms with Gasteiger partial charge in [0, 0.05) is 12.2 Å². The number of aryl methyl sites for hydroxylation is 2. The molecule has 1 aromatic heterocycles. The van der Waals surface area contributed by atoms with E-state index in [4.69, 9.17) is 0 Å². The molecule has 0 N–H and O–H groups in total. The van der Waals surface area contributed by atoms with Crippen molar-refractivity contribution in [3.8, 4) is 0 Å². The summed E-state index contributed by atoms with van der Waals surface area (Å²) in [6.07, 6.45) is 3.99. The minimum Gasteiger partial charge on any atom is -0.294 e. The van der Waals surface area contributed by atoms with E-state index < -0.39 is 0 Å². The monoisotopic (exact) mass is 222 g/mol. The van der Waals surface area contributed by atoms with E-state index in [0.29, 0.717) is 0 Å². The number of rotatable bonds is 6. The second-order valence-corrected chi connectivity index (χ2v) is 4.11. The highest BCUT2D eigenvalue weighted by molar-refractivity contribution is 5.96. The van der Waals surface area contributed by atoms with Crippen LogP contribution in [0.5, 0.6) is 0 Å². The number of unbranched alkanes of at least 4 members (excludes halogenated alkanes) is 1. The van der Waals surface area contributed by atoms with Crippen molar-refractivity contribution in [2.45, 2.75) is 59.9 Å². The van der Waals surface area contributed by atoms with Crippen molar-refractivity contribution in [2.75, 3.05) is 0 Å². The van der Waals surface area contributed by atoms with Crippen molar-refractivity contribution in [1.29, 1.82) is 0 Å². The quantitative estimate of drug-likeness (QED) is 0.693. The number of carbonyl (C=O) groups excluding carboxylic acids is 1. The van der Waals surface area contributed by atoms with E-state index in [1.165, 1.54) is 0 Å². The molecule has 0 atom stereocenters. The van der Waals surface area contributed by atoms with E-state index in [9.17, 15) is 4.79 Å². The van der Waals surface area contributed by atoms with Crippen molar-refractivity contribution < 1.29 is 4.79 Å². The molecule has 0 amide bonds. The summed E-state index contributed by atoms with van der Waals surface area (Å²) in [4.78, 5) is 11.6. The van der Waals surface area contributed by atoms with Crippen LogP contribution in [0.2, 0.25) is 0 Å². The predicted octanol–water partition coefficient (Wildman–Crippen LogP) is 3.01. The highest BCUT2D eigenvalue weighted by atomic mass is 16.1. The molecule has 0 saturated heterocycles. The standard InChI is InChI=1S/C13H22N2O/c1-5-8-9-15-12(7-3)13(10(4)16)11(6-2)14-15/h5-9H2,1-4H3. The van der Waals surface area contributed by atoms with Crippen molar-refractivity contribution in [3.05, 3.63) is 17.0 Å². The lowest BCUT2D eigenvalue weighted by molar-refractivity contribution is 0.101. The average molecular weight is 222 g/mol. The summed E-state index contributed by atoms with van der Waals surface area (Å²) in [5.41, 5.74) is 2.93. The van der Waals surface area contributed by atoms with Crippen molar-refractivity contribution in [2.24, 2.45) is 0 Å². The van der Waals surface area contributed by atoms with Crippen LogP contribution >= 0.6 is 0 Å². The Morgan fingerprint density at radius 3 is 2.38 bits per heavy atom. The molecule has 0 radical (unpaired) electrons. The summed E-state index contributed by atoms with van der Waals surface area (Å²) in [6.45, 7) is 8.88. The van der Waals surface area contributed by atoms with Crippen LogP contribution in [-0.2, 0) is 19.4 Å². The van der Waals surface area contributed by atoms with E-state index >= 15 is 0 Å². The van der Waals surface area contributed by atoms with Gasteiger partial charge in [-0.2, -0.15) is 5.10 Å². The summed E-state index contributed by atoms with van der Waals surface area (Å²) < 4.78 is 2.03. The molecule has 0 unspecified atom stereocenters. The molecule has 1 heterocycles. The van der Waals surface area contributed by atoms with Crippen LogP contribution in [0.4, 0.5) is 0 Å². The molecule has 3 nitrogen and oxygen atoms in total. The SMILES string of the molecule is CCCCn1nc(CC)c(C(C)=O)c1CC. The topological polar surface area (TPSA) is 34.9 Å². The number of aromatic nitrogens is 2. The Morgan fingerprint density at radius 1 is 1.25 bits per heavy atom. The Kier molecular flexibility index (Phi) is 4.71. The van der Waals surface area contributed by atoms with Gasteiger partial charge in [0.25, 0.3) is 0 Å². The molecule has 0 aliphatic heterocycles. The molecule has 0 bridgehead atoms. The van der Waals surface area contributed by atoms with Gasteiger partial charge in [0.1, 0.15) is 0 Å². The molecule has 0 aromatic carbocycles. The first-order valence-corrected chi connectivity index (χ1v) is 6.25. The Labute approximate surface area is 97.8 Å². The fourth-order valence-electron chi connectivity index (χ4n) is 2.06. The van der Waals surface area contributed by atoms with E-state index in [1.807, 2.05) is 4.68 Å². The van der Waals surface area contributed by atoms with E-state index in [2.05, 4.69) is 25.9 Å². The third-order valence-corrected chi connectivity index (χ3v) is 2.88. The van der Waals surface area contributed by atoms with Crippen molar-refractivity contribution in [1.82, 2.24) is 9.78 Å². The van der Waals surface area contributed by atoms with Gasteiger partial charge in [-0.05, 0) is 26.2 Å². The minimum atomic E-state index is 0.149. The minimum absolute atomic E-state index is 0.149. The second kappa shape index (κ2) is 5.83. The number of carbonyl (C=O) groups is 1. The lowest BCUT2D eigenvalue weighted by atomic mass is 10.1. The first-order valence-electron chi connectivity index (χ1n) is 6.25. The third kappa shape index (κ3) is 2.52. The summed E-state index contributed by atoms with van der Waals surface area (Å²) >= 11 is 0. The highest BCUT2D eigenvalue weighted by Crippen LogP contribution is 2.17. The largest absolute Gasteiger partial charge is 0.294 e. The maximum atomic E-state index is 11.6. The average Bonchev–Trinajstić information content (AvgIpc) is 2.63. The Morgan fingerprint density at radius 2 is 1.94 bits per heavy atom. The lowest BCUT2D eigenvalue weighted by Gasteiger charge is -2.05.